The molecule has 1 aromatic carbocycles. The van der Waals surface area contributed by atoms with Crippen molar-refractivity contribution in [3.05, 3.63) is 23.8 Å². The van der Waals surface area contributed by atoms with Gasteiger partial charge in [0.1, 0.15) is 11.6 Å². The fraction of sp³-hybridized carbons (Fsp3) is 0.400. The summed E-state index contributed by atoms with van der Waals surface area (Å²) in [5, 5.41) is 2.81. The van der Waals surface area contributed by atoms with Gasteiger partial charge in [-0.2, -0.15) is 0 Å². The number of hydrogen-bond acceptors (Lipinski definition) is 3. The summed E-state index contributed by atoms with van der Waals surface area (Å²) < 4.78 is 24.4. The average molecular weight is 295 g/mol. The first-order valence-corrected chi connectivity index (χ1v) is 6.68. The average Bonchev–Trinajstić information content (AvgIpc) is 2.45. The van der Waals surface area contributed by atoms with Gasteiger partial charge in [0.15, 0.2) is 17.7 Å². The van der Waals surface area contributed by atoms with Crippen molar-refractivity contribution in [2.45, 2.75) is 19.5 Å². The Bertz CT molecular complexity index is 499. The van der Waals surface area contributed by atoms with E-state index in [1.807, 2.05) is 6.92 Å². The second-order valence-electron chi connectivity index (χ2n) is 4.04. The molecule has 5 heteroatoms. The lowest BCUT2D eigenvalue weighted by Gasteiger charge is -2.13. The summed E-state index contributed by atoms with van der Waals surface area (Å²) in [5.74, 6) is 3.45. The maximum Gasteiger partial charge on any atom is 0.162 e. The molecule has 0 aliphatic heterocycles. The predicted molar refractivity (Wildman–Crippen MR) is 82.2 cm³/mol. The highest BCUT2D eigenvalue weighted by Gasteiger charge is 2.14. The van der Waals surface area contributed by atoms with E-state index in [9.17, 15) is 4.39 Å². The van der Waals surface area contributed by atoms with E-state index in [1.165, 1.54) is 7.11 Å². The molecule has 20 heavy (non-hydrogen) atoms. The highest BCUT2D eigenvalue weighted by atomic mass is 32.1. The third kappa shape index (κ3) is 4.71. The van der Waals surface area contributed by atoms with E-state index in [0.29, 0.717) is 18.0 Å². The Labute approximate surface area is 124 Å². The van der Waals surface area contributed by atoms with Crippen molar-refractivity contribution in [2.75, 3.05) is 20.3 Å². The number of thiocarbonyl (C=S) groups is 1. The molecule has 0 heterocycles. The van der Waals surface area contributed by atoms with E-state index < -0.39 is 6.17 Å². The normalized spacial score (nSPS) is 11.3. The monoisotopic (exact) mass is 295 g/mol. The van der Waals surface area contributed by atoms with Crippen LogP contribution in [-0.4, -0.2) is 31.4 Å². The van der Waals surface area contributed by atoms with Crippen LogP contribution in [0.2, 0.25) is 0 Å². The van der Waals surface area contributed by atoms with Crippen LogP contribution in [0.4, 0.5) is 4.39 Å². The van der Waals surface area contributed by atoms with Gasteiger partial charge < -0.3 is 14.8 Å². The zero-order valence-electron chi connectivity index (χ0n) is 11.6. The zero-order chi connectivity index (χ0) is 15.0. The summed E-state index contributed by atoms with van der Waals surface area (Å²) in [7, 11) is 1.53. The van der Waals surface area contributed by atoms with Crippen LogP contribution >= 0.6 is 12.2 Å². The topological polar surface area (TPSA) is 30.5 Å². The van der Waals surface area contributed by atoms with Crippen LogP contribution in [0.3, 0.4) is 0 Å². The van der Waals surface area contributed by atoms with Crippen molar-refractivity contribution in [3.8, 4) is 23.8 Å². The Morgan fingerprint density at radius 1 is 1.50 bits per heavy atom. The van der Waals surface area contributed by atoms with Gasteiger partial charge in [-0.3, -0.25) is 0 Å². The van der Waals surface area contributed by atoms with Crippen LogP contribution in [0.25, 0.3) is 0 Å². The highest BCUT2D eigenvalue weighted by Crippen LogP contribution is 2.28. The number of ether oxygens (including phenoxy) is 2. The van der Waals surface area contributed by atoms with Gasteiger partial charge in [0.05, 0.1) is 7.11 Å². The van der Waals surface area contributed by atoms with Crippen LogP contribution < -0.4 is 14.8 Å². The molecule has 0 saturated carbocycles. The van der Waals surface area contributed by atoms with Crippen molar-refractivity contribution < 1.29 is 13.9 Å². The summed E-state index contributed by atoms with van der Waals surface area (Å²) in [4.78, 5) is 0.221. The van der Waals surface area contributed by atoms with Gasteiger partial charge >= 0.3 is 0 Å². The van der Waals surface area contributed by atoms with Crippen LogP contribution in [0.1, 0.15) is 12.5 Å². The van der Waals surface area contributed by atoms with E-state index in [4.69, 9.17) is 28.1 Å². The Morgan fingerprint density at radius 3 is 2.85 bits per heavy atom. The van der Waals surface area contributed by atoms with Gasteiger partial charge in [-0.25, -0.2) is 4.39 Å². The van der Waals surface area contributed by atoms with Gasteiger partial charge in [-0.1, -0.05) is 24.2 Å². The fourth-order valence-electron chi connectivity index (χ4n) is 1.66. The van der Waals surface area contributed by atoms with E-state index in [2.05, 4.69) is 11.2 Å². The zero-order valence-corrected chi connectivity index (χ0v) is 12.4. The van der Waals surface area contributed by atoms with Gasteiger partial charge in [0.25, 0.3) is 0 Å². The highest BCUT2D eigenvalue weighted by molar-refractivity contribution is 7.80. The number of methoxy groups -OCH3 is 1. The molecule has 0 radical (unpaired) electrons. The Hall–Kier alpha value is -1.80. The first-order valence-electron chi connectivity index (χ1n) is 6.27. The number of hydrogen-bond donors (Lipinski definition) is 1. The van der Waals surface area contributed by atoms with E-state index in [0.717, 1.165) is 5.56 Å². The lowest BCUT2D eigenvalue weighted by Crippen LogP contribution is -2.31. The van der Waals surface area contributed by atoms with Crippen LogP contribution in [0.5, 0.6) is 11.5 Å². The molecule has 1 aromatic rings. The molecule has 0 amide bonds. The molecule has 1 N–H and O–H groups in total. The molecule has 0 spiro atoms. The van der Waals surface area contributed by atoms with Crippen LogP contribution in [0, 0.1) is 12.3 Å². The molecule has 0 bridgehead atoms. The molecule has 3 nitrogen and oxygen atoms in total. The number of rotatable bonds is 7. The van der Waals surface area contributed by atoms with Gasteiger partial charge in [-0.15, -0.1) is 6.42 Å². The van der Waals surface area contributed by atoms with Crippen molar-refractivity contribution in [2.24, 2.45) is 0 Å². The molecule has 0 aromatic heterocycles. The third-order valence-corrected chi connectivity index (χ3v) is 2.99. The lowest BCUT2D eigenvalue weighted by atomic mass is 10.1. The lowest BCUT2D eigenvalue weighted by molar-refractivity contribution is 0.330. The predicted octanol–water partition coefficient (Wildman–Crippen LogP) is 2.52. The third-order valence-electron chi connectivity index (χ3n) is 2.59. The molecule has 1 atom stereocenters. The number of terminal acetylenes is 1. The molecule has 108 valence electrons. The molecule has 0 aliphatic rings. The summed E-state index contributed by atoms with van der Waals surface area (Å²) >= 11 is 4.96. The summed E-state index contributed by atoms with van der Waals surface area (Å²) in [5.41, 5.74) is 0.780. The molecular weight excluding hydrogens is 277 g/mol. The largest absolute Gasteiger partial charge is 0.493 e. The van der Waals surface area contributed by atoms with E-state index >= 15 is 0 Å². The van der Waals surface area contributed by atoms with Crippen molar-refractivity contribution in [1.82, 2.24) is 5.32 Å². The SMILES string of the molecule is C#CCOc1ccc(CC(F)C(=S)NCC)cc1OC. The number of halogens is 1. The molecule has 1 rings (SSSR count). The minimum absolute atomic E-state index is 0.159. The summed E-state index contributed by atoms with van der Waals surface area (Å²) in [6.45, 7) is 2.65. The summed E-state index contributed by atoms with van der Waals surface area (Å²) in [6, 6.07) is 5.22. The Morgan fingerprint density at radius 2 is 2.25 bits per heavy atom. The number of benzene rings is 1. The maximum atomic E-state index is 13.9. The number of alkyl halides is 1. The first-order chi connectivity index (χ1) is 9.62. The molecule has 0 saturated heterocycles. The van der Waals surface area contributed by atoms with Gasteiger partial charge in [0.2, 0.25) is 0 Å². The summed E-state index contributed by atoms with van der Waals surface area (Å²) in [6.07, 6.45) is 4.12. The minimum Gasteiger partial charge on any atom is -0.493 e. The van der Waals surface area contributed by atoms with E-state index in [-0.39, 0.29) is 18.0 Å². The van der Waals surface area contributed by atoms with Gasteiger partial charge in [0, 0.05) is 13.0 Å². The Balaban J connectivity index is 2.77. The number of nitrogens with one attached hydrogen (secondary N) is 1. The van der Waals surface area contributed by atoms with Crippen molar-refractivity contribution in [3.63, 3.8) is 0 Å². The standard InChI is InChI=1S/C15H18FNO2S/c1-4-8-19-13-7-6-11(10-14(13)18-3)9-12(16)15(20)17-5-2/h1,6-7,10,12H,5,8-9H2,2-3H3,(H,17,20). The van der Waals surface area contributed by atoms with Crippen LogP contribution in [-0.2, 0) is 6.42 Å². The molecule has 0 fully saturated rings. The molecule has 1 unspecified atom stereocenters. The van der Waals surface area contributed by atoms with E-state index in [1.54, 1.807) is 18.2 Å². The fourth-order valence-corrected chi connectivity index (χ4v) is 1.89. The minimum atomic E-state index is -1.22. The quantitative estimate of drug-likeness (QED) is 0.618. The smallest absolute Gasteiger partial charge is 0.162 e. The molecular formula is C15H18FNO2S. The second-order valence-corrected chi connectivity index (χ2v) is 4.48. The van der Waals surface area contributed by atoms with Crippen LogP contribution in [0.15, 0.2) is 18.2 Å². The van der Waals surface area contributed by atoms with Crippen molar-refractivity contribution >= 4 is 17.2 Å². The second kappa shape index (κ2) is 8.39. The molecule has 0 aliphatic carbocycles. The van der Waals surface area contributed by atoms with Crippen molar-refractivity contribution in [1.29, 1.82) is 0 Å². The Kier molecular flexibility index (Phi) is 6.82. The maximum absolute atomic E-state index is 13.9. The van der Waals surface area contributed by atoms with Gasteiger partial charge in [-0.05, 0) is 24.6 Å². The first kappa shape index (κ1) is 16.3.